The Morgan fingerprint density at radius 3 is 3.13 bits per heavy atom. The zero-order valence-corrected chi connectivity index (χ0v) is 9.87. The molecule has 0 aliphatic heterocycles. The highest BCUT2D eigenvalue weighted by atomic mass is 79.9. The first-order chi connectivity index (χ1) is 7.22. The van der Waals surface area contributed by atoms with Gasteiger partial charge in [0.15, 0.2) is 0 Å². The van der Waals surface area contributed by atoms with Crippen molar-refractivity contribution in [2.24, 2.45) is 0 Å². The zero-order chi connectivity index (χ0) is 11.1. The molecule has 0 atom stereocenters. The van der Waals surface area contributed by atoms with Crippen LogP contribution in [0.1, 0.15) is 0 Å². The van der Waals surface area contributed by atoms with E-state index < -0.39 is 0 Å². The molecule has 1 aromatic rings. The molecule has 0 aliphatic carbocycles. The van der Waals surface area contributed by atoms with Gasteiger partial charge in [0.1, 0.15) is 5.82 Å². The van der Waals surface area contributed by atoms with Crippen LogP contribution in [0.25, 0.3) is 0 Å². The summed E-state index contributed by atoms with van der Waals surface area (Å²) in [6.45, 7) is 0.954. The fourth-order valence-corrected chi connectivity index (χ4v) is 1.24. The molecule has 0 aromatic carbocycles. The smallest absolute Gasteiger partial charge is 0.320 e. The minimum absolute atomic E-state index is 0.294. The van der Waals surface area contributed by atoms with Gasteiger partial charge in [0.2, 0.25) is 0 Å². The number of nitrogens with zero attached hydrogens (tertiary/aromatic N) is 1. The zero-order valence-electron chi connectivity index (χ0n) is 8.29. The van der Waals surface area contributed by atoms with Gasteiger partial charge in [-0.3, -0.25) is 5.32 Å². The molecule has 1 rings (SSSR count). The standard InChI is InChI=1S/C9H12BrN3O2/c1-15-5-4-12-9(14)13-8-6-7(10)2-3-11-8/h2-3,6H,4-5H2,1H3,(H2,11,12,13,14). The number of pyridine rings is 1. The van der Waals surface area contributed by atoms with Gasteiger partial charge < -0.3 is 10.1 Å². The summed E-state index contributed by atoms with van der Waals surface area (Å²) in [6, 6.07) is 3.21. The summed E-state index contributed by atoms with van der Waals surface area (Å²) in [5.74, 6) is 0.499. The van der Waals surface area contributed by atoms with Gasteiger partial charge in [-0.1, -0.05) is 15.9 Å². The number of rotatable bonds is 4. The highest BCUT2D eigenvalue weighted by molar-refractivity contribution is 9.10. The lowest BCUT2D eigenvalue weighted by Gasteiger charge is -2.06. The number of methoxy groups -OCH3 is 1. The highest BCUT2D eigenvalue weighted by Gasteiger charge is 2.01. The molecule has 0 spiro atoms. The van der Waals surface area contributed by atoms with Gasteiger partial charge in [-0.05, 0) is 12.1 Å². The second kappa shape index (κ2) is 6.36. The number of anilines is 1. The average molecular weight is 274 g/mol. The van der Waals surface area contributed by atoms with E-state index >= 15 is 0 Å². The van der Waals surface area contributed by atoms with Gasteiger partial charge in [0, 0.05) is 24.3 Å². The Morgan fingerprint density at radius 1 is 1.67 bits per heavy atom. The molecule has 6 heteroatoms. The Balaban J connectivity index is 2.37. The van der Waals surface area contributed by atoms with Crippen LogP contribution in [-0.2, 0) is 4.74 Å². The average Bonchev–Trinajstić information content (AvgIpc) is 2.18. The molecule has 0 unspecified atom stereocenters. The van der Waals surface area contributed by atoms with Crippen molar-refractivity contribution in [3.05, 3.63) is 22.8 Å². The Morgan fingerprint density at radius 2 is 2.47 bits per heavy atom. The third kappa shape index (κ3) is 4.75. The van der Waals surface area contributed by atoms with Crippen molar-refractivity contribution in [3.63, 3.8) is 0 Å². The van der Waals surface area contributed by atoms with Crippen molar-refractivity contribution in [2.75, 3.05) is 25.6 Å². The minimum atomic E-state index is -0.294. The molecule has 82 valence electrons. The topological polar surface area (TPSA) is 63.2 Å². The molecule has 0 radical (unpaired) electrons. The molecular formula is C9H12BrN3O2. The maximum atomic E-state index is 11.3. The maximum Gasteiger partial charge on any atom is 0.320 e. The van der Waals surface area contributed by atoms with E-state index in [0.717, 1.165) is 4.47 Å². The van der Waals surface area contributed by atoms with Crippen molar-refractivity contribution in [3.8, 4) is 0 Å². The molecule has 2 N–H and O–H groups in total. The van der Waals surface area contributed by atoms with Crippen molar-refractivity contribution >= 4 is 27.8 Å². The van der Waals surface area contributed by atoms with Crippen LogP contribution in [0, 0.1) is 0 Å². The van der Waals surface area contributed by atoms with E-state index in [1.165, 1.54) is 0 Å². The Kier molecular flexibility index (Phi) is 5.06. The normalized spacial score (nSPS) is 9.73. The summed E-state index contributed by atoms with van der Waals surface area (Å²) >= 11 is 3.28. The van der Waals surface area contributed by atoms with Gasteiger partial charge in [-0.2, -0.15) is 0 Å². The lowest BCUT2D eigenvalue weighted by Crippen LogP contribution is -2.31. The van der Waals surface area contributed by atoms with Crippen LogP contribution >= 0.6 is 15.9 Å². The number of aromatic nitrogens is 1. The first kappa shape index (κ1) is 11.9. The number of ether oxygens (including phenoxy) is 1. The van der Waals surface area contributed by atoms with Crippen LogP contribution in [0.3, 0.4) is 0 Å². The van der Waals surface area contributed by atoms with Gasteiger partial charge in [-0.25, -0.2) is 9.78 Å². The number of carbonyl (C=O) groups excluding carboxylic acids is 1. The summed E-state index contributed by atoms with van der Waals surface area (Å²) in [4.78, 5) is 15.2. The van der Waals surface area contributed by atoms with E-state index in [4.69, 9.17) is 4.74 Å². The number of amides is 2. The third-order valence-electron chi connectivity index (χ3n) is 1.56. The van der Waals surface area contributed by atoms with Gasteiger partial charge >= 0.3 is 6.03 Å². The molecule has 1 aromatic heterocycles. The molecule has 0 bridgehead atoms. The molecule has 15 heavy (non-hydrogen) atoms. The number of urea groups is 1. The summed E-state index contributed by atoms with van der Waals surface area (Å²) in [7, 11) is 1.58. The van der Waals surface area contributed by atoms with Gasteiger partial charge in [-0.15, -0.1) is 0 Å². The van der Waals surface area contributed by atoms with Crippen molar-refractivity contribution in [1.82, 2.24) is 10.3 Å². The number of nitrogens with one attached hydrogen (secondary N) is 2. The van der Waals surface area contributed by atoms with E-state index in [1.807, 2.05) is 0 Å². The number of carbonyl (C=O) groups is 1. The lowest BCUT2D eigenvalue weighted by molar-refractivity contribution is 0.198. The van der Waals surface area contributed by atoms with Crippen LogP contribution < -0.4 is 10.6 Å². The van der Waals surface area contributed by atoms with E-state index in [0.29, 0.717) is 19.0 Å². The van der Waals surface area contributed by atoms with E-state index in [2.05, 4.69) is 31.5 Å². The predicted molar refractivity (Wildman–Crippen MR) is 60.8 cm³/mol. The van der Waals surface area contributed by atoms with E-state index in [9.17, 15) is 4.79 Å². The monoisotopic (exact) mass is 273 g/mol. The maximum absolute atomic E-state index is 11.3. The van der Waals surface area contributed by atoms with Crippen LogP contribution in [0.2, 0.25) is 0 Å². The van der Waals surface area contributed by atoms with Gasteiger partial charge in [0.05, 0.1) is 6.61 Å². The highest BCUT2D eigenvalue weighted by Crippen LogP contribution is 2.12. The summed E-state index contributed by atoms with van der Waals surface area (Å²) in [5, 5.41) is 5.22. The number of hydrogen-bond acceptors (Lipinski definition) is 3. The molecule has 0 aliphatic rings. The minimum Gasteiger partial charge on any atom is -0.383 e. The molecule has 2 amide bonds. The summed E-state index contributed by atoms with van der Waals surface area (Å²) < 4.78 is 5.66. The molecule has 1 heterocycles. The van der Waals surface area contributed by atoms with Crippen molar-refractivity contribution in [1.29, 1.82) is 0 Å². The molecule has 0 fully saturated rings. The first-order valence-electron chi connectivity index (χ1n) is 4.37. The molecule has 0 saturated carbocycles. The third-order valence-corrected chi connectivity index (χ3v) is 2.05. The summed E-state index contributed by atoms with van der Waals surface area (Å²) in [6.07, 6.45) is 1.61. The number of hydrogen-bond donors (Lipinski definition) is 2. The predicted octanol–water partition coefficient (Wildman–Crippen LogP) is 1.61. The lowest BCUT2D eigenvalue weighted by atomic mass is 10.5. The van der Waals surface area contributed by atoms with Crippen LogP contribution in [-0.4, -0.2) is 31.3 Å². The number of halogens is 1. The van der Waals surface area contributed by atoms with Crippen LogP contribution in [0.15, 0.2) is 22.8 Å². The quantitative estimate of drug-likeness (QED) is 0.820. The Labute approximate surface area is 96.4 Å². The Hall–Kier alpha value is -1.14. The van der Waals surface area contributed by atoms with Crippen LogP contribution in [0.5, 0.6) is 0 Å². The second-order valence-corrected chi connectivity index (χ2v) is 3.65. The molecule has 0 saturated heterocycles. The van der Waals surface area contributed by atoms with Crippen molar-refractivity contribution < 1.29 is 9.53 Å². The van der Waals surface area contributed by atoms with E-state index in [1.54, 1.807) is 25.4 Å². The fourth-order valence-electron chi connectivity index (χ4n) is 0.900. The Bertz CT molecular complexity index is 333. The largest absolute Gasteiger partial charge is 0.383 e. The van der Waals surface area contributed by atoms with E-state index in [-0.39, 0.29) is 6.03 Å². The van der Waals surface area contributed by atoms with Crippen molar-refractivity contribution in [2.45, 2.75) is 0 Å². The van der Waals surface area contributed by atoms with Crippen LogP contribution in [0.4, 0.5) is 10.6 Å². The second-order valence-electron chi connectivity index (χ2n) is 2.73. The summed E-state index contributed by atoms with van der Waals surface area (Å²) in [5.41, 5.74) is 0. The molecular weight excluding hydrogens is 262 g/mol. The fraction of sp³-hybridized carbons (Fsp3) is 0.333. The van der Waals surface area contributed by atoms with Gasteiger partial charge in [0.25, 0.3) is 0 Å². The molecule has 5 nitrogen and oxygen atoms in total. The first-order valence-corrected chi connectivity index (χ1v) is 5.17. The SMILES string of the molecule is COCCNC(=O)Nc1cc(Br)ccn1.